The molecular formula is C14H19BrN2O3. The Morgan fingerprint density at radius 3 is 2.60 bits per heavy atom. The minimum atomic E-state index is -0.450. The largest absolute Gasteiger partial charge is 0.351 e. The molecule has 1 atom stereocenters. The quantitative estimate of drug-likeness (QED) is 0.489. The van der Waals surface area contributed by atoms with Crippen molar-refractivity contribution in [1.82, 2.24) is 5.32 Å². The van der Waals surface area contributed by atoms with Crippen LogP contribution >= 0.6 is 15.9 Å². The molecule has 0 radical (unpaired) electrons. The average Bonchev–Trinajstić information content (AvgIpc) is 2.34. The van der Waals surface area contributed by atoms with Crippen molar-refractivity contribution in [3.8, 4) is 0 Å². The third-order valence-corrected chi connectivity index (χ3v) is 3.56. The van der Waals surface area contributed by atoms with E-state index in [1.807, 2.05) is 0 Å². The van der Waals surface area contributed by atoms with Crippen molar-refractivity contribution < 1.29 is 9.72 Å². The minimum absolute atomic E-state index is 0.0275. The second-order valence-electron chi connectivity index (χ2n) is 5.20. The van der Waals surface area contributed by atoms with Gasteiger partial charge < -0.3 is 5.32 Å². The van der Waals surface area contributed by atoms with Crippen molar-refractivity contribution >= 4 is 27.5 Å². The van der Waals surface area contributed by atoms with Gasteiger partial charge in [0.2, 0.25) is 0 Å². The van der Waals surface area contributed by atoms with Gasteiger partial charge in [0.15, 0.2) is 0 Å². The van der Waals surface area contributed by atoms with Gasteiger partial charge in [-0.05, 0) is 31.4 Å². The molecule has 1 rings (SSSR count). The van der Waals surface area contributed by atoms with Crippen molar-refractivity contribution in [3.63, 3.8) is 0 Å². The van der Waals surface area contributed by atoms with Crippen LogP contribution in [0, 0.1) is 23.0 Å². The van der Waals surface area contributed by atoms with Crippen molar-refractivity contribution in [2.75, 3.05) is 6.54 Å². The molecule has 6 heteroatoms. The van der Waals surface area contributed by atoms with Gasteiger partial charge in [0.05, 0.1) is 4.92 Å². The summed E-state index contributed by atoms with van der Waals surface area (Å²) in [4.78, 5) is 22.5. The highest BCUT2D eigenvalue weighted by atomic mass is 79.9. The number of alkyl halides is 1. The first-order valence-corrected chi connectivity index (χ1v) is 7.40. The van der Waals surface area contributed by atoms with Crippen molar-refractivity contribution in [3.05, 3.63) is 39.4 Å². The number of hydrogen-bond acceptors (Lipinski definition) is 3. The van der Waals surface area contributed by atoms with Crippen molar-refractivity contribution in [2.24, 2.45) is 5.92 Å². The third kappa shape index (κ3) is 4.92. The van der Waals surface area contributed by atoms with E-state index in [-0.39, 0.29) is 16.4 Å². The number of carbonyl (C=O) groups excluding carboxylic acids is 1. The van der Waals surface area contributed by atoms with E-state index in [0.29, 0.717) is 23.6 Å². The predicted octanol–water partition coefficient (Wildman–Crippen LogP) is 3.44. The average molecular weight is 343 g/mol. The van der Waals surface area contributed by atoms with E-state index in [9.17, 15) is 14.9 Å². The van der Waals surface area contributed by atoms with E-state index < -0.39 is 4.92 Å². The SMILES string of the molecule is Cc1cc(C(=O)NCC(Br)CC(C)C)ccc1[N+](=O)[O-]. The molecule has 0 saturated carbocycles. The molecule has 0 aliphatic carbocycles. The Morgan fingerprint density at radius 1 is 1.45 bits per heavy atom. The second kappa shape index (κ2) is 7.38. The van der Waals surface area contributed by atoms with Gasteiger partial charge in [-0.3, -0.25) is 14.9 Å². The van der Waals surface area contributed by atoms with E-state index in [0.717, 1.165) is 6.42 Å². The molecule has 5 nitrogen and oxygen atoms in total. The molecule has 1 unspecified atom stereocenters. The summed E-state index contributed by atoms with van der Waals surface area (Å²) in [5.74, 6) is 0.342. The maximum Gasteiger partial charge on any atom is 0.272 e. The lowest BCUT2D eigenvalue weighted by molar-refractivity contribution is -0.385. The lowest BCUT2D eigenvalue weighted by atomic mass is 10.1. The van der Waals surface area contributed by atoms with E-state index in [1.54, 1.807) is 13.0 Å². The van der Waals surface area contributed by atoms with Crippen LogP contribution in [0.4, 0.5) is 5.69 Å². The van der Waals surface area contributed by atoms with Crippen LogP contribution in [0.2, 0.25) is 0 Å². The van der Waals surface area contributed by atoms with Gasteiger partial charge >= 0.3 is 0 Å². The van der Waals surface area contributed by atoms with Crippen LogP contribution in [-0.4, -0.2) is 22.2 Å². The van der Waals surface area contributed by atoms with Gasteiger partial charge in [-0.15, -0.1) is 0 Å². The molecule has 0 aliphatic heterocycles. The number of nitro groups is 1. The van der Waals surface area contributed by atoms with Crippen LogP contribution in [0.25, 0.3) is 0 Å². The topological polar surface area (TPSA) is 72.2 Å². The first-order chi connectivity index (χ1) is 9.31. The predicted molar refractivity (Wildman–Crippen MR) is 82.3 cm³/mol. The molecular weight excluding hydrogens is 324 g/mol. The highest BCUT2D eigenvalue weighted by Crippen LogP contribution is 2.19. The summed E-state index contributed by atoms with van der Waals surface area (Å²) in [6.45, 7) is 6.40. The fourth-order valence-corrected chi connectivity index (χ4v) is 2.81. The van der Waals surface area contributed by atoms with Crippen molar-refractivity contribution in [2.45, 2.75) is 32.0 Å². The number of carbonyl (C=O) groups is 1. The van der Waals surface area contributed by atoms with Gasteiger partial charge in [-0.1, -0.05) is 29.8 Å². The van der Waals surface area contributed by atoms with Gasteiger partial charge in [-0.25, -0.2) is 0 Å². The Hall–Kier alpha value is -1.43. The Morgan fingerprint density at radius 2 is 2.10 bits per heavy atom. The number of nitrogens with zero attached hydrogens (tertiary/aromatic N) is 1. The monoisotopic (exact) mass is 342 g/mol. The number of nitro benzene ring substituents is 1. The Bertz CT molecular complexity index is 503. The number of nitrogens with one attached hydrogen (secondary N) is 1. The molecule has 0 saturated heterocycles. The van der Waals surface area contributed by atoms with Crippen LogP contribution in [0.5, 0.6) is 0 Å². The molecule has 1 aromatic carbocycles. The minimum Gasteiger partial charge on any atom is -0.351 e. The summed E-state index contributed by atoms with van der Waals surface area (Å²) in [6, 6.07) is 4.38. The summed E-state index contributed by atoms with van der Waals surface area (Å²) < 4.78 is 0. The lowest BCUT2D eigenvalue weighted by Gasteiger charge is -2.13. The number of aryl methyl sites for hydroxylation is 1. The fourth-order valence-electron chi connectivity index (χ4n) is 1.90. The molecule has 20 heavy (non-hydrogen) atoms. The van der Waals surface area contributed by atoms with Crippen molar-refractivity contribution in [1.29, 1.82) is 0 Å². The van der Waals surface area contributed by atoms with Gasteiger partial charge in [0.1, 0.15) is 0 Å². The summed E-state index contributed by atoms with van der Waals surface area (Å²) in [7, 11) is 0. The van der Waals surface area contributed by atoms with Crippen LogP contribution in [0.15, 0.2) is 18.2 Å². The zero-order valence-corrected chi connectivity index (χ0v) is 13.4. The zero-order valence-electron chi connectivity index (χ0n) is 11.9. The molecule has 0 fully saturated rings. The molecule has 0 aromatic heterocycles. The number of halogens is 1. The number of amides is 1. The van der Waals surface area contributed by atoms with Crippen LogP contribution in [0.3, 0.4) is 0 Å². The fraction of sp³-hybridized carbons (Fsp3) is 0.500. The molecule has 0 aliphatic rings. The standard InChI is InChI=1S/C14H19BrN2O3/c1-9(2)6-12(15)8-16-14(18)11-4-5-13(17(19)20)10(3)7-11/h4-5,7,9,12H,6,8H2,1-3H3,(H,16,18). The first kappa shape index (κ1) is 16.6. The van der Waals surface area contributed by atoms with E-state index >= 15 is 0 Å². The lowest BCUT2D eigenvalue weighted by Crippen LogP contribution is -2.30. The van der Waals surface area contributed by atoms with Gasteiger partial charge in [0.25, 0.3) is 11.6 Å². The zero-order chi connectivity index (χ0) is 15.3. The Labute approximate surface area is 127 Å². The summed E-state index contributed by atoms with van der Waals surface area (Å²) >= 11 is 3.52. The maximum atomic E-state index is 12.0. The van der Waals surface area contributed by atoms with Gasteiger partial charge in [-0.2, -0.15) is 0 Å². The molecule has 1 amide bonds. The molecule has 110 valence electrons. The summed E-state index contributed by atoms with van der Waals surface area (Å²) in [5, 5.41) is 13.5. The second-order valence-corrected chi connectivity index (χ2v) is 6.49. The Kier molecular flexibility index (Phi) is 6.13. The summed E-state index contributed by atoms with van der Waals surface area (Å²) in [6.07, 6.45) is 0.972. The molecule has 1 aromatic rings. The maximum absolute atomic E-state index is 12.0. The normalized spacial score (nSPS) is 12.2. The highest BCUT2D eigenvalue weighted by Gasteiger charge is 2.14. The molecule has 0 bridgehead atoms. The molecule has 0 heterocycles. The number of benzene rings is 1. The summed E-state index contributed by atoms with van der Waals surface area (Å²) in [5.41, 5.74) is 0.956. The van der Waals surface area contributed by atoms with Crippen LogP contribution in [-0.2, 0) is 0 Å². The highest BCUT2D eigenvalue weighted by molar-refractivity contribution is 9.09. The van der Waals surface area contributed by atoms with Gasteiger partial charge in [0, 0.05) is 28.6 Å². The van der Waals surface area contributed by atoms with E-state index in [4.69, 9.17) is 0 Å². The first-order valence-electron chi connectivity index (χ1n) is 6.48. The third-order valence-electron chi connectivity index (χ3n) is 2.87. The smallest absolute Gasteiger partial charge is 0.272 e. The number of hydrogen-bond donors (Lipinski definition) is 1. The molecule has 1 N–H and O–H groups in total. The Balaban J connectivity index is 2.64. The van der Waals surface area contributed by atoms with Crippen LogP contribution < -0.4 is 5.32 Å². The van der Waals surface area contributed by atoms with E-state index in [1.165, 1.54) is 12.1 Å². The van der Waals surface area contributed by atoms with Crippen LogP contribution in [0.1, 0.15) is 36.2 Å². The van der Waals surface area contributed by atoms with E-state index in [2.05, 4.69) is 35.1 Å². The molecule has 0 spiro atoms. The number of rotatable bonds is 6.